The first-order chi connectivity index (χ1) is 10.6. The van der Waals surface area contributed by atoms with Gasteiger partial charge in [0, 0.05) is 18.8 Å². The van der Waals surface area contributed by atoms with Crippen LogP contribution in [0.4, 0.5) is 0 Å². The van der Waals surface area contributed by atoms with Crippen molar-refractivity contribution in [3.8, 4) is 0 Å². The third-order valence-electron chi connectivity index (χ3n) is 3.17. The minimum Gasteiger partial charge on any atom is -0.352 e. The van der Waals surface area contributed by atoms with E-state index in [-0.39, 0.29) is 5.91 Å². The molecule has 0 fully saturated rings. The predicted molar refractivity (Wildman–Crippen MR) is 94.3 cm³/mol. The van der Waals surface area contributed by atoms with E-state index >= 15 is 0 Å². The molecule has 0 aromatic carbocycles. The van der Waals surface area contributed by atoms with Gasteiger partial charge in [-0.15, -0.1) is 23.5 Å². The average molecular weight is 357 g/mol. The van der Waals surface area contributed by atoms with Gasteiger partial charge in [-0.2, -0.15) is 9.47 Å². The third kappa shape index (κ3) is 4.05. The summed E-state index contributed by atoms with van der Waals surface area (Å²) in [6, 6.07) is 2.06. The highest BCUT2D eigenvalue weighted by atomic mass is 32.2. The Hall–Kier alpha value is -0.990. The minimum absolute atomic E-state index is 0.0317. The average Bonchev–Trinajstić information content (AvgIpc) is 3.05. The van der Waals surface area contributed by atoms with E-state index < -0.39 is 0 Å². The molecule has 1 amide bonds. The van der Waals surface area contributed by atoms with Gasteiger partial charge in [-0.25, -0.2) is 0 Å². The maximum atomic E-state index is 12.4. The summed E-state index contributed by atoms with van der Waals surface area (Å²) in [6.07, 6.45) is 4.77. The Morgan fingerprint density at radius 2 is 2.14 bits per heavy atom. The van der Waals surface area contributed by atoms with Crippen LogP contribution in [0.15, 0.2) is 15.3 Å². The van der Waals surface area contributed by atoms with Crippen molar-refractivity contribution < 1.29 is 4.79 Å². The molecule has 2 heterocycles. The van der Waals surface area contributed by atoms with Gasteiger partial charge in [-0.3, -0.25) is 9.48 Å². The maximum absolute atomic E-state index is 12.4. The monoisotopic (exact) mass is 356 g/mol. The molecule has 0 unspecified atom stereocenters. The number of thioether (sulfide) groups is 2. The van der Waals surface area contributed by atoms with Crippen molar-refractivity contribution in [2.24, 2.45) is 0 Å². The Kier molecular flexibility index (Phi) is 6.34. The molecule has 0 aliphatic carbocycles. The third-order valence-corrected chi connectivity index (χ3v) is 5.91. The molecule has 22 heavy (non-hydrogen) atoms. The molecule has 2 aromatic rings. The Morgan fingerprint density at radius 1 is 1.36 bits per heavy atom. The van der Waals surface area contributed by atoms with Gasteiger partial charge in [0.15, 0.2) is 0 Å². The number of carbonyl (C=O) groups is 1. The lowest BCUT2D eigenvalue weighted by Crippen LogP contribution is -2.26. The molecular weight excluding hydrogens is 336 g/mol. The Bertz CT molecular complexity index is 629. The van der Waals surface area contributed by atoms with Gasteiger partial charge >= 0.3 is 0 Å². The van der Waals surface area contributed by atoms with Crippen LogP contribution in [0.2, 0.25) is 0 Å². The van der Waals surface area contributed by atoms with E-state index in [1.165, 1.54) is 23.3 Å². The molecule has 5 nitrogen and oxygen atoms in total. The van der Waals surface area contributed by atoms with E-state index in [9.17, 15) is 4.79 Å². The molecule has 1 N–H and O–H groups in total. The second kappa shape index (κ2) is 8.03. The van der Waals surface area contributed by atoms with Crippen LogP contribution in [0.25, 0.3) is 0 Å². The summed E-state index contributed by atoms with van der Waals surface area (Å²) in [5.41, 5.74) is 2.90. The van der Waals surface area contributed by atoms with Crippen LogP contribution < -0.4 is 5.32 Å². The van der Waals surface area contributed by atoms with Crippen LogP contribution >= 0.6 is 35.1 Å². The van der Waals surface area contributed by atoms with Crippen molar-refractivity contribution in [1.29, 1.82) is 0 Å². The van der Waals surface area contributed by atoms with Crippen molar-refractivity contribution in [3.63, 3.8) is 0 Å². The van der Waals surface area contributed by atoms with Gasteiger partial charge in [0.25, 0.3) is 5.91 Å². The number of carbonyl (C=O) groups excluding carboxylic acids is 1. The molecule has 0 aliphatic heterocycles. The molecule has 0 saturated carbocycles. The van der Waals surface area contributed by atoms with Gasteiger partial charge in [0.05, 0.1) is 15.5 Å². The number of hydrogen-bond donors (Lipinski definition) is 1. The van der Waals surface area contributed by atoms with Gasteiger partial charge in [-0.05, 0) is 50.4 Å². The van der Waals surface area contributed by atoms with E-state index in [1.54, 1.807) is 11.8 Å². The number of aryl methyl sites for hydroxylation is 3. The highest BCUT2D eigenvalue weighted by molar-refractivity contribution is 8.01. The number of amides is 1. The Labute approximate surface area is 143 Å². The molecule has 0 bridgehead atoms. The fourth-order valence-electron chi connectivity index (χ4n) is 2.15. The zero-order valence-corrected chi connectivity index (χ0v) is 15.6. The molecule has 0 aliphatic rings. The molecule has 0 atom stereocenters. The summed E-state index contributed by atoms with van der Waals surface area (Å²) in [7, 11) is 0. The van der Waals surface area contributed by atoms with Crippen LogP contribution in [0, 0.1) is 13.8 Å². The van der Waals surface area contributed by atoms with E-state index in [0.29, 0.717) is 6.54 Å². The molecular formula is C14H20N4OS3. The van der Waals surface area contributed by atoms with Crippen LogP contribution in [0.1, 0.15) is 28.2 Å². The van der Waals surface area contributed by atoms with E-state index in [2.05, 4.69) is 20.9 Å². The molecule has 2 rings (SSSR count). The van der Waals surface area contributed by atoms with E-state index in [1.807, 2.05) is 31.0 Å². The van der Waals surface area contributed by atoms with E-state index in [0.717, 1.165) is 39.2 Å². The second-order valence-corrected chi connectivity index (χ2v) is 7.46. The summed E-state index contributed by atoms with van der Waals surface area (Å²) in [4.78, 5) is 12.4. The number of hydrogen-bond acceptors (Lipinski definition) is 6. The lowest BCUT2D eigenvalue weighted by atomic mass is 10.3. The summed E-state index contributed by atoms with van der Waals surface area (Å²) in [6.45, 7) is 5.48. The van der Waals surface area contributed by atoms with Crippen molar-refractivity contribution in [3.05, 3.63) is 23.0 Å². The molecule has 0 radical (unpaired) electrons. The van der Waals surface area contributed by atoms with Crippen LogP contribution in [0.5, 0.6) is 0 Å². The van der Waals surface area contributed by atoms with Crippen LogP contribution in [0.3, 0.4) is 0 Å². The maximum Gasteiger partial charge on any atom is 0.256 e. The largest absolute Gasteiger partial charge is 0.352 e. The molecule has 120 valence electrons. The van der Waals surface area contributed by atoms with Crippen molar-refractivity contribution >= 4 is 41.0 Å². The number of nitrogens with one attached hydrogen (secondary N) is 1. The number of nitrogens with zero attached hydrogens (tertiary/aromatic N) is 3. The predicted octanol–water partition coefficient (Wildman–Crippen LogP) is 3.22. The fourth-order valence-corrected chi connectivity index (χ4v) is 4.43. The summed E-state index contributed by atoms with van der Waals surface area (Å²) < 4.78 is 7.28. The molecule has 2 aromatic heterocycles. The number of rotatable bonds is 7. The van der Waals surface area contributed by atoms with Gasteiger partial charge in [0.1, 0.15) is 5.03 Å². The SMILES string of the molecule is CSc1nsc(SC)c1C(=O)NCCCn1nc(C)cc1C. The first kappa shape index (κ1) is 17.4. The van der Waals surface area contributed by atoms with Crippen molar-refractivity contribution in [2.45, 2.75) is 36.0 Å². The topological polar surface area (TPSA) is 59.8 Å². The Balaban J connectivity index is 1.88. The second-order valence-electron chi connectivity index (χ2n) is 4.82. The normalized spacial score (nSPS) is 10.9. The van der Waals surface area contributed by atoms with Gasteiger partial charge in [0.2, 0.25) is 0 Å². The lowest BCUT2D eigenvalue weighted by molar-refractivity contribution is 0.0947. The highest BCUT2D eigenvalue weighted by Gasteiger charge is 2.19. The summed E-state index contributed by atoms with van der Waals surface area (Å²) >= 11 is 4.47. The summed E-state index contributed by atoms with van der Waals surface area (Å²) in [5, 5.41) is 8.22. The molecule has 0 spiro atoms. The first-order valence-electron chi connectivity index (χ1n) is 6.93. The highest BCUT2D eigenvalue weighted by Crippen LogP contribution is 2.32. The zero-order chi connectivity index (χ0) is 16.1. The smallest absolute Gasteiger partial charge is 0.256 e. The standard InChI is InChI=1S/C14H20N4OS3/c1-9-8-10(2)18(16-9)7-5-6-15-12(19)11-13(20-3)17-22-14(11)21-4/h8H,5-7H2,1-4H3,(H,15,19). The quantitative estimate of drug-likeness (QED) is 0.610. The Morgan fingerprint density at radius 3 is 2.73 bits per heavy atom. The molecule has 0 saturated heterocycles. The van der Waals surface area contributed by atoms with Crippen molar-refractivity contribution in [1.82, 2.24) is 19.5 Å². The van der Waals surface area contributed by atoms with E-state index in [4.69, 9.17) is 0 Å². The zero-order valence-electron chi connectivity index (χ0n) is 13.2. The first-order valence-corrected chi connectivity index (χ1v) is 10.2. The van der Waals surface area contributed by atoms with Gasteiger partial charge < -0.3 is 5.32 Å². The van der Waals surface area contributed by atoms with Crippen molar-refractivity contribution in [2.75, 3.05) is 19.1 Å². The fraction of sp³-hybridized carbons (Fsp3) is 0.500. The number of aromatic nitrogens is 3. The summed E-state index contributed by atoms with van der Waals surface area (Å²) in [5.74, 6) is -0.0317. The molecule has 8 heteroatoms. The van der Waals surface area contributed by atoms with Gasteiger partial charge in [-0.1, -0.05) is 0 Å². The van der Waals surface area contributed by atoms with Crippen LogP contribution in [-0.4, -0.2) is 39.1 Å². The minimum atomic E-state index is -0.0317. The van der Waals surface area contributed by atoms with Crippen LogP contribution in [-0.2, 0) is 6.54 Å². The lowest BCUT2D eigenvalue weighted by Gasteiger charge is -2.07.